The average Bonchev–Trinajstić information content (AvgIpc) is 2.61. The molecule has 0 atom stereocenters. The normalized spacial score (nSPS) is 9.68. The molecule has 1 aromatic carbocycles. The fourth-order valence-corrected chi connectivity index (χ4v) is 2.07. The fraction of sp³-hybridized carbons (Fsp3) is 0.500. The number of rotatable bonds is 11. The van der Waals surface area contributed by atoms with Crippen LogP contribution >= 0.6 is 0 Å². The number of unbranched alkanes of at least 4 members (excludes halogenated alkanes) is 7. The Morgan fingerprint density at radius 1 is 0.893 bits per heavy atom. The summed E-state index contributed by atoms with van der Waals surface area (Å²) in [5.74, 6) is 0.947. The molecular formula is C20H40N2O5S. The number of para-hydroxylation sites is 1. The van der Waals surface area contributed by atoms with Crippen LogP contribution in [0, 0.1) is 0 Å². The van der Waals surface area contributed by atoms with Crippen molar-refractivity contribution in [3.05, 3.63) is 55.6 Å². The first-order valence-electron chi connectivity index (χ1n) is 8.96. The van der Waals surface area contributed by atoms with E-state index in [9.17, 15) is 0 Å². The average molecular weight is 421 g/mol. The van der Waals surface area contributed by atoms with Crippen LogP contribution in [0.3, 0.4) is 0 Å². The topological polar surface area (TPSA) is 154 Å². The predicted molar refractivity (Wildman–Crippen MR) is 119 cm³/mol. The molecule has 0 saturated carbocycles. The van der Waals surface area contributed by atoms with Gasteiger partial charge in [0.2, 0.25) is 0 Å². The molecule has 8 heteroatoms. The highest BCUT2D eigenvalue weighted by Crippen LogP contribution is 2.09. The van der Waals surface area contributed by atoms with Gasteiger partial charge in [-0.05, 0) is 25.0 Å². The van der Waals surface area contributed by atoms with Crippen LogP contribution in [0.1, 0.15) is 58.3 Å². The van der Waals surface area contributed by atoms with Crippen LogP contribution < -0.4 is 17.0 Å². The van der Waals surface area contributed by atoms with Crippen molar-refractivity contribution in [3.8, 4) is 5.75 Å². The van der Waals surface area contributed by atoms with E-state index in [0.717, 1.165) is 5.75 Å². The van der Waals surface area contributed by atoms with Gasteiger partial charge in [0.25, 0.3) is 0 Å². The minimum absolute atomic E-state index is 0. The first kappa shape index (κ1) is 33.8. The van der Waals surface area contributed by atoms with Gasteiger partial charge >= 0.3 is 10.4 Å². The van der Waals surface area contributed by atoms with Crippen LogP contribution in [-0.2, 0) is 10.4 Å². The molecule has 0 fully saturated rings. The van der Waals surface area contributed by atoms with E-state index in [2.05, 4.69) is 32.2 Å². The highest BCUT2D eigenvalue weighted by atomic mass is 32.3. The third kappa shape index (κ3) is 35.4. The molecule has 0 heterocycles. The van der Waals surface area contributed by atoms with Gasteiger partial charge in [-0.1, -0.05) is 75.8 Å². The predicted octanol–water partition coefficient (Wildman–Crippen LogP) is 6.24. The quantitative estimate of drug-likeness (QED) is 0.188. The van der Waals surface area contributed by atoms with Crippen molar-refractivity contribution in [1.29, 1.82) is 0 Å². The standard InChI is InChI=1S/C18H28O.C2H4.2H3N.H2O4S/c1-2-3-4-5-6-7-8-9-10-14-17-19-18-15-12-11-13-16-18;1-2;;;1-5(2,3)4/h10-16H,2-9,17H2,1H3;1-2H2;2*1H3;(H2,1,2,3,4). The monoisotopic (exact) mass is 420 g/mol. The molecule has 0 aliphatic rings. The Balaban J connectivity index is -0.000000279. The molecule has 0 spiro atoms. The third-order valence-corrected chi connectivity index (χ3v) is 3.23. The van der Waals surface area contributed by atoms with Crippen molar-refractivity contribution in [1.82, 2.24) is 12.3 Å². The van der Waals surface area contributed by atoms with Gasteiger partial charge in [-0.2, -0.15) is 8.42 Å². The molecule has 0 aliphatic heterocycles. The Morgan fingerprint density at radius 2 is 1.36 bits per heavy atom. The van der Waals surface area contributed by atoms with Gasteiger partial charge < -0.3 is 17.0 Å². The molecule has 0 unspecified atom stereocenters. The van der Waals surface area contributed by atoms with Crippen molar-refractivity contribution >= 4 is 10.4 Å². The first-order valence-corrected chi connectivity index (χ1v) is 10.4. The van der Waals surface area contributed by atoms with Crippen molar-refractivity contribution < 1.29 is 22.3 Å². The van der Waals surface area contributed by atoms with Crippen LogP contribution in [-0.4, -0.2) is 24.1 Å². The van der Waals surface area contributed by atoms with E-state index in [1.165, 1.54) is 51.4 Å². The summed E-state index contributed by atoms with van der Waals surface area (Å²) in [4.78, 5) is 0. The van der Waals surface area contributed by atoms with E-state index >= 15 is 0 Å². The second-order valence-corrected chi connectivity index (χ2v) is 6.35. The second-order valence-electron chi connectivity index (χ2n) is 5.45. The molecule has 0 saturated heterocycles. The van der Waals surface area contributed by atoms with Crippen LogP contribution in [0.15, 0.2) is 55.6 Å². The van der Waals surface area contributed by atoms with Gasteiger partial charge in [-0.25, -0.2) is 0 Å². The second kappa shape index (κ2) is 25.3. The van der Waals surface area contributed by atoms with Crippen molar-refractivity contribution in [2.45, 2.75) is 58.3 Å². The minimum atomic E-state index is -4.67. The highest BCUT2D eigenvalue weighted by molar-refractivity contribution is 7.79. The Morgan fingerprint density at radius 3 is 1.86 bits per heavy atom. The lowest BCUT2D eigenvalue weighted by Gasteiger charge is -2.01. The highest BCUT2D eigenvalue weighted by Gasteiger charge is 1.90. The van der Waals surface area contributed by atoms with Gasteiger partial charge in [-0.15, -0.1) is 13.2 Å². The van der Waals surface area contributed by atoms with E-state index < -0.39 is 10.4 Å². The number of hydrogen-bond acceptors (Lipinski definition) is 5. The number of ether oxygens (including phenoxy) is 1. The van der Waals surface area contributed by atoms with Gasteiger partial charge in [0.05, 0.1) is 0 Å². The molecule has 166 valence electrons. The number of benzene rings is 1. The summed E-state index contributed by atoms with van der Waals surface area (Å²) in [5, 5.41) is 0. The minimum Gasteiger partial charge on any atom is -0.490 e. The SMILES string of the molecule is C=C.CCCCCCCCCC=CCOc1ccccc1.N.N.O=S(=O)(O)O. The molecule has 1 aromatic rings. The summed E-state index contributed by atoms with van der Waals surface area (Å²) in [7, 11) is -4.67. The maximum absolute atomic E-state index is 8.74. The van der Waals surface area contributed by atoms with Crippen LogP contribution in [0.5, 0.6) is 5.75 Å². The molecule has 0 aliphatic carbocycles. The summed E-state index contributed by atoms with van der Waals surface area (Å²) < 4.78 is 37.2. The third-order valence-electron chi connectivity index (χ3n) is 3.23. The van der Waals surface area contributed by atoms with Gasteiger partial charge in [-0.3, -0.25) is 9.11 Å². The zero-order valence-electron chi connectivity index (χ0n) is 17.3. The summed E-state index contributed by atoms with van der Waals surface area (Å²) in [6, 6.07) is 9.98. The molecule has 8 N–H and O–H groups in total. The van der Waals surface area contributed by atoms with Crippen molar-refractivity contribution in [3.63, 3.8) is 0 Å². The Labute approximate surface area is 171 Å². The summed E-state index contributed by atoms with van der Waals surface area (Å²) >= 11 is 0. The van der Waals surface area contributed by atoms with E-state index in [-0.39, 0.29) is 12.3 Å². The van der Waals surface area contributed by atoms with E-state index in [1.807, 2.05) is 30.3 Å². The van der Waals surface area contributed by atoms with Gasteiger partial charge in [0.15, 0.2) is 0 Å². The Hall–Kier alpha value is -1.71. The zero-order chi connectivity index (χ0) is 20.1. The first-order chi connectivity index (χ1) is 12.4. The molecule has 0 radical (unpaired) electrons. The molecule has 7 nitrogen and oxygen atoms in total. The van der Waals surface area contributed by atoms with E-state index in [1.54, 1.807) is 0 Å². The van der Waals surface area contributed by atoms with E-state index in [4.69, 9.17) is 22.3 Å². The lowest BCUT2D eigenvalue weighted by molar-refractivity contribution is 0.362. The maximum Gasteiger partial charge on any atom is 0.394 e. The maximum atomic E-state index is 8.74. The molecule has 1 rings (SSSR count). The molecular weight excluding hydrogens is 380 g/mol. The van der Waals surface area contributed by atoms with Crippen molar-refractivity contribution in [2.24, 2.45) is 0 Å². The molecule has 0 amide bonds. The van der Waals surface area contributed by atoms with Gasteiger partial charge in [0, 0.05) is 0 Å². The van der Waals surface area contributed by atoms with Crippen LogP contribution in [0.4, 0.5) is 0 Å². The Bertz CT molecular complexity index is 529. The summed E-state index contributed by atoms with van der Waals surface area (Å²) in [6.45, 7) is 8.95. The lowest BCUT2D eigenvalue weighted by atomic mass is 10.1. The van der Waals surface area contributed by atoms with Gasteiger partial charge in [0.1, 0.15) is 12.4 Å². The molecule has 0 bridgehead atoms. The smallest absolute Gasteiger partial charge is 0.394 e. The summed E-state index contributed by atoms with van der Waals surface area (Å²) in [6.07, 6.45) is 15.2. The lowest BCUT2D eigenvalue weighted by Crippen LogP contribution is -1.92. The largest absolute Gasteiger partial charge is 0.490 e. The summed E-state index contributed by atoms with van der Waals surface area (Å²) in [5.41, 5.74) is 0. The zero-order valence-corrected chi connectivity index (χ0v) is 18.1. The van der Waals surface area contributed by atoms with E-state index in [0.29, 0.717) is 6.61 Å². The molecule has 28 heavy (non-hydrogen) atoms. The Kier molecular flexibility index (Phi) is 30.6. The van der Waals surface area contributed by atoms with Crippen LogP contribution in [0.25, 0.3) is 0 Å². The molecule has 0 aromatic heterocycles. The fourth-order valence-electron chi connectivity index (χ4n) is 2.07. The number of allylic oxidation sites excluding steroid dienone is 1. The van der Waals surface area contributed by atoms with Crippen molar-refractivity contribution in [2.75, 3.05) is 6.61 Å². The van der Waals surface area contributed by atoms with Crippen LogP contribution in [0.2, 0.25) is 0 Å². The number of hydrogen-bond donors (Lipinski definition) is 4.